The molecule has 0 bridgehead atoms. The summed E-state index contributed by atoms with van der Waals surface area (Å²) in [4.78, 5) is 54.1. The van der Waals surface area contributed by atoms with Crippen LogP contribution < -0.4 is 20.3 Å². The quantitative estimate of drug-likeness (QED) is 0.281. The Kier molecular flexibility index (Phi) is 6.40. The van der Waals surface area contributed by atoms with Crippen molar-refractivity contribution in [3.05, 3.63) is 59.6 Å². The SMILES string of the molecule is CNc1nnc(NC(=O)C2CC2c2nccc(C)n2)cc1OCc1cn2cc(C3CC3)cc(N3CC(=O)N(C)C3=O)c2n1. The number of hydrogen-bond acceptors (Lipinski definition) is 10. The number of carbonyl (C=O) groups excluding carboxylic acids is 3. The normalized spacial score (nSPS) is 19.7. The Morgan fingerprint density at radius 3 is 2.70 bits per heavy atom. The van der Waals surface area contributed by atoms with Gasteiger partial charge in [0.25, 0.3) is 0 Å². The van der Waals surface area contributed by atoms with Crippen LogP contribution in [0.1, 0.15) is 53.9 Å². The fraction of sp³-hybridized carbons (Fsp3) is 0.379. The Balaban J connectivity index is 1.09. The molecule has 1 aliphatic heterocycles. The predicted octanol–water partition coefficient (Wildman–Crippen LogP) is 2.86. The number of pyridine rings is 1. The van der Waals surface area contributed by atoms with Crippen LogP contribution >= 0.6 is 0 Å². The van der Waals surface area contributed by atoms with Crippen LogP contribution in [0.25, 0.3) is 5.65 Å². The summed E-state index contributed by atoms with van der Waals surface area (Å²) in [5.41, 5.74) is 3.74. The number of likely N-dealkylation sites (N-methyl/N-ethyl adjacent to an activating group) is 1. The number of imide groups is 1. The fourth-order valence-corrected chi connectivity index (χ4v) is 5.35. The van der Waals surface area contributed by atoms with Crippen molar-refractivity contribution in [2.75, 3.05) is 36.2 Å². The molecule has 2 saturated carbocycles. The van der Waals surface area contributed by atoms with Crippen molar-refractivity contribution in [2.45, 2.75) is 44.6 Å². The number of carbonyl (C=O) groups is 3. The minimum Gasteiger partial charge on any atom is -0.483 e. The van der Waals surface area contributed by atoms with E-state index in [9.17, 15) is 14.4 Å². The van der Waals surface area contributed by atoms with Gasteiger partial charge in [-0.15, -0.1) is 10.2 Å². The van der Waals surface area contributed by atoms with Crippen molar-refractivity contribution >= 4 is 40.8 Å². The molecule has 0 spiro atoms. The lowest BCUT2D eigenvalue weighted by Gasteiger charge is -2.17. The molecule has 1 saturated heterocycles. The molecule has 220 valence electrons. The lowest BCUT2D eigenvalue weighted by molar-refractivity contribution is -0.124. The molecule has 3 aliphatic rings. The second-order valence-corrected chi connectivity index (χ2v) is 11.2. The summed E-state index contributed by atoms with van der Waals surface area (Å²) in [6.45, 7) is 1.96. The summed E-state index contributed by atoms with van der Waals surface area (Å²) >= 11 is 0. The molecule has 2 N–H and O–H groups in total. The van der Waals surface area contributed by atoms with Gasteiger partial charge >= 0.3 is 6.03 Å². The van der Waals surface area contributed by atoms with Crippen molar-refractivity contribution in [3.8, 4) is 5.75 Å². The molecular weight excluding hydrogens is 552 g/mol. The van der Waals surface area contributed by atoms with Crippen LogP contribution in [-0.4, -0.2) is 72.9 Å². The Morgan fingerprint density at radius 1 is 1.14 bits per heavy atom. The summed E-state index contributed by atoms with van der Waals surface area (Å²) in [6, 6.07) is 5.04. The molecule has 4 amide bonds. The first-order chi connectivity index (χ1) is 20.8. The highest BCUT2D eigenvalue weighted by molar-refractivity contribution is 6.13. The van der Waals surface area contributed by atoms with Gasteiger partial charge < -0.3 is 19.8 Å². The second-order valence-electron chi connectivity index (χ2n) is 11.2. The highest BCUT2D eigenvalue weighted by atomic mass is 16.5. The third kappa shape index (κ3) is 5.08. The van der Waals surface area contributed by atoms with E-state index in [1.54, 1.807) is 19.3 Å². The number of nitrogens with one attached hydrogen (secondary N) is 2. The van der Waals surface area contributed by atoms with E-state index in [0.29, 0.717) is 46.8 Å². The standard InChI is InChI=1S/C29H30N10O4/c1-15-6-7-31-25(32-15)19-9-20(19)28(41)34-23-10-22(26(30-2)36-35-23)43-14-18-12-38-11-17(16-4-5-16)8-21(27(38)33-18)39-13-24(40)37(3)29(39)42/h6-8,10-12,16,19-20H,4-5,9,13-14H2,1-3H3,(H,30,36)(H,34,35,41). The third-order valence-electron chi connectivity index (χ3n) is 8.02. The van der Waals surface area contributed by atoms with E-state index in [1.165, 1.54) is 11.9 Å². The first kappa shape index (κ1) is 26.7. The monoisotopic (exact) mass is 582 g/mol. The van der Waals surface area contributed by atoms with Crippen LogP contribution in [0.5, 0.6) is 5.75 Å². The number of imidazole rings is 1. The molecule has 4 aromatic heterocycles. The number of anilines is 3. The molecule has 0 aromatic carbocycles. The van der Waals surface area contributed by atoms with Crippen molar-refractivity contribution in [3.63, 3.8) is 0 Å². The first-order valence-electron chi connectivity index (χ1n) is 14.2. The van der Waals surface area contributed by atoms with Gasteiger partial charge in [-0.05, 0) is 49.8 Å². The number of amides is 4. The molecule has 4 aromatic rings. The number of ether oxygens (including phenoxy) is 1. The summed E-state index contributed by atoms with van der Waals surface area (Å²) in [5, 5.41) is 14.1. The Hall–Kier alpha value is -5.14. The van der Waals surface area contributed by atoms with Gasteiger partial charge in [-0.2, -0.15) is 0 Å². The van der Waals surface area contributed by atoms with E-state index in [4.69, 9.17) is 9.72 Å². The van der Waals surface area contributed by atoms with Crippen LogP contribution in [0, 0.1) is 12.8 Å². The van der Waals surface area contributed by atoms with E-state index in [2.05, 4.69) is 30.8 Å². The molecular formula is C29H30N10O4. The number of fused-ring (bicyclic) bond motifs is 1. The zero-order valence-electron chi connectivity index (χ0n) is 23.9. The highest BCUT2D eigenvalue weighted by Crippen LogP contribution is 2.46. The molecule has 0 radical (unpaired) electrons. The maximum Gasteiger partial charge on any atom is 0.331 e. The minimum absolute atomic E-state index is 0.0186. The van der Waals surface area contributed by atoms with Crippen LogP contribution in [0.3, 0.4) is 0 Å². The molecule has 2 unspecified atom stereocenters. The maximum absolute atomic E-state index is 12.9. The third-order valence-corrected chi connectivity index (χ3v) is 8.02. The van der Waals surface area contributed by atoms with Crippen molar-refractivity contribution in [1.82, 2.24) is 34.4 Å². The van der Waals surface area contributed by atoms with Gasteiger partial charge in [0.1, 0.15) is 19.0 Å². The van der Waals surface area contributed by atoms with Gasteiger partial charge in [-0.3, -0.25) is 19.4 Å². The van der Waals surface area contributed by atoms with E-state index < -0.39 is 0 Å². The lowest BCUT2D eigenvalue weighted by atomic mass is 10.1. The molecule has 14 heteroatoms. The molecule has 43 heavy (non-hydrogen) atoms. The summed E-state index contributed by atoms with van der Waals surface area (Å²) in [6.07, 6.45) is 8.43. The Labute approximate surface area is 246 Å². The predicted molar refractivity (Wildman–Crippen MR) is 155 cm³/mol. The number of urea groups is 1. The maximum atomic E-state index is 12.9. The summed E-state index contributed by atoms with van der Waals surface area (Å²) < 4.78 is 7.99. The Bertz CT molecular complexity index is 1780. The lowest BCUT2D eigenvalue weighted by Crippen LogP contribution is -2.30. The first-order valence-corrected chi connectivity index (χ1v) is 14.2. The minimum atomic E-state index is -0.374. The fourth-order valence-electron chi connectivity index (χ4n) is 5.35. The van der Waals surface area contributed by atoms with Crippen molar-refractivity contribution < 1.29 is 19.1 Å². The molecule has 3 fully saturated rings. The zero-order valence-corrected chi connectivity index (χ0v) is 23.9. The van der Waals surface area contributed by atoms with Crippen LogP contribution in [0.15, 0.2) is 36.8 Å². The molecule has 14 nitrogen and oxygen atoms in total. The van der Waals surface area contributed by atoms with Gasteiger partial charge in [-0.25, -0.2) is 19.7 Å². The number of rotatable bonds is 9. The number of hydrogen-bond donors (Lipinski definition) is 2. The molecule has 2 aliphatic carbocycles. The number of aryl methyl sites for hydroxylation is 1. The molecule has 7 rings (SSSR count). The largest absolute Gasteiger partial charge is 0.483 e. The van der Waals surface area contributed by atoms with Crippen molar-refractivity contribution in [1.29, 1.82) is 0 Å². The van der Waals surface area contributed by atoms with Gasteiger partial charge in [-0.1, -0.05) is 0 Å². The van der Waals surface area contributed by atoms with E-state index in [0.717, 1.165) is 29.0 Å². The summed E-state index contributed by atoms with van der Waals surface area (Å²) in [7, 11) is 3.19. The van der Waals surface area contributed by atoms with Crippen LogP contribution in [-0.2, 0) is 16.2 Å². The Morgan fingerprint density at radius 2 is 1.98 bits per heavy atom. The highest BCUT2D eigenvalue weighted by Gasteiger charge is 2.46. The van der Waals surface area contributed by atoms with Crippen LogP contribution in [0.2, 0.25) is 0 Å². The molecule has 2 atom stereocenters. The van der Waals surface area contributed by atoms with E-state index in [1.807, 2.05) is 35.9 Å². The van der Waals surface area contributed by atoms with Gasteiger partial charge in [0.2, 0.25) is 11.8 Å². The average molecular weight is 583 g/mol. The van der Waals surface area contributed by atoms with E-state index >= 15 is 0 Å². The number of nitrogens with zero attached hydrogens (tertiary/aromatic N) is 8. The topological polar surface area (TPSA) is 160 Å². The zero-order chi connectivity index (χ0) is 29.8. The average Bonchev–Trinajstić information content (AvgIpc) is 3.93. The van der Waals surface area contributed by atoms with Crippen molar-refractivity contribution in [2.24, 2.45) is 5.92 Å². The van der Waals surface area contributed by atoms with Gasteiger partial charge in [0, 0.05) is 56.3 Å². The smallest absolute Gasteiger partial charge is 0.331 e. The summed E-state index contributed by atoms with van der Waals surface area (Å²) in [5.74, 6) is 1.48. The molecule has 5 heterocycles. The van der Waals surface area contributed by atoms with E-state index in [-0.39, 0.29) is 48.7 Å². The number of aromatic nitrogens is 6. The van der Waals surface area contributed by atoms with Crippen LogP contribution in [0.4, 0.5) is 22.1 Å². The van der Waals surface area contributed by atoms with Gasteiger partial charge in [0.05, 0.1) is 11.4 Å². The van der Waals surface area contributed by atoms with Gasteiger partial charge in [0.15, 0.2) is 23.0 Å². The second kappa shape index (κ2) is 10.3.